The number of amides is 3. The molecule has 0 aromatic carbocycles. The fourth-order valence-electron chi connectivity index (χ4n) is 2.23. The molecule has 0 fully saturated rings. The van der Waals surface area contributed by atoms with E-state index in [0.717, 1.165) is 8.50 Å². The summed E-state index contributed by atoms with van der Waals surface area (Å²) in [5, 5.41) is 14.6. The second kappa shape index (κ2) is 16.1. The molecule has 0 spiro atoms. The van der Waals surface area contributed by atoms with Crippen LogP contribution in [0.4, 0.5) is 4.79 Å². The number of aliphatic carboxylic acids is 1. The number of carboxylic acids is 1. The summed E-state index contributed by atoms with van der Waals surface area (Å²) in [5.74, 6) is -1.96. The number of carbonyl (C=O) groups excluding carboxylic acids is 3. The van der Waals surface area contributed by atoms with Crippen LogP contribution in [0.5, 0.6) is 0 Å². The summed E-state index contributed by atoms with van der Waals surface area (Å²) in [5.41, 5.74) is 0.0119. The molecule has 2 heterocycles. The van der Waals surface area contributed by atoms with Crippen molar-refractivity contribution >= 4 is 29.1 Å². The molecule has 4 N–H and O–H groups in total. The van der Waals surface area contributed by atoms with Gasteiger partial charge in [-0.3, -0.25) is 13.9 Å². The van der Waals surface area contributed by atoms with Crippen molar-refractivity contribution in [1.82, 2.24) is 29.7 Å². The van der Waals surface area contributed by atoms with Crippen molar-refractivity contribution in [1.29, 1.82) is 0 Å². The summed E-state index contributed by atoms with van der Waals surface area (Å²) < 4.78 is 8.36. The number of nitrogens with zero attached hydrogens (tertiary/aromatic N) is 3. The van der Waals surface area contributed by atoms with Crippen LogP contribution in [0.2, 0.25) is 3.93 Å². The van der Waals surface area contributed by atoms with Gasteiger partial charge in [-0.2, -0.15) is 0 Å². The van der Waals surface area contributed by atoms with E-state index in [1.54, 1.807) is 14.2 Å². The van der Waals surface area contributed by atoms with Crippen LogP contribution in [0.25, 0.3) is 11.2 Å². The van der Waals surface area contributed by atoms with Gasteiger partial charge < -0.3 is 10.5 Å². The maximum Gasteiger partial charge on any atom is 1.00 e. The second-order valence-corrected chi connectivity index (χ2v) is 8.33. The molecule has 16 heteroatoms. The summed E-state index contributed by atoms with van der Waals surface area (Å²) in [6.07, 6.45) is 0.698. The minimum Gasteiger partial charge on any atom is -0.870 e. The fraction of sp³-hybridized carbons (Fsp3) is 0.500. The third-order valence-corrected chi connectivity index (χ3v) is 6.49. The molecule has 0 aliphatic rings. The van der Waals surface area contributed by atoms with E-state index in [4.69, 9.17) is 4.74 Å². The molecule has 2 rings (SSSR count). The zero-order chi connectivity index (χ0) is 22.8. The number of urea groups is 1. The van der Waals surface area contributed by atoms with Crippen molar-refractivity contribution in [2.75, 3.05) is 13.7 Å². The minimum absolute atomic E-state index is 0. The van der Waals surface area contributed by atoms with Gasteiger partial charge in [-0.1, -0.05) is 0 Å². The van der Waals surface area contributed by atoms with Gasteiger partial charge in [0.05, 0.1) is 6.33 Å². The molecular formula is C16H23HgN6NaO8. The van der Waals surface area contributed by atoms with Crippen LogP contribution in [-0.2, 0) is 54.5 Å². The summed E-state index contributed by atoms with van der Waals surface area (Å²) in [6, 6.07) is -0.641. The van der Waals surface area contributed by atoms with E-state index in [2.05, 4.69) is 15.3 Å². The molecule has 14 nitrogen and oxygen atoms in total. The number of ether oxygens (including phenoxy) is 1. The van der Waals surface area contributed by atoms with E-state index < -0.39 is 24.3 Å². The van der Waals surface area contributed by atoms with Gasteiger partial charge in [0.25, 0.3) is 5.56 Å². The molecule has 0 radical (unpaired) electrons. The Morgan fingerprint density at radius 3 is 2.41 bits per heavy atom. The van der Waals surface area contributed by atoms with Crippen molar-refractivity contribution in [3.05, 3.63) is 27.2 Å². The molecule has 0 aliphatic heterocycles. The van der Waals surface area contributed by atoms with Gasteiger partial charge in [-0.05, 0) is 0 Å². The first-order valence-corrected chi connectivity index (χ1v) is 12.7. The summed E-state index contributed by atoms with van der Waals surface area (Å²) in [4.78, 5) is 61.7. The third-order valence-electron chi connectivity index (χ3n) is 3.98. The first kappa shape index (κ1) is 32.6. The second-order valence-electron chi connectivity index (χ2n) is 6.08. The van der Waals surface area contributed by atoms with Gasteiger partial charge >= 0.3 is 151 Å². The first-order valence-electron chi connectivity index (χ1n) is 8.81. The number of aromatic amines is 1. The van der Waals surface area contributed by atoms with Crippen LogP contribution in [0.1, 0.15) is 12.8 Å². The van der Waals surface area contributed by atoms with E-state index in [1.807, 2.05) is 5.32 Å². The number of hydrogen-bond acceptors (Lipinski definition) is 9. The molecule has 168 valence electrons. The van der Waals surface area contributed by atoms with Gasteiger partial charge in [0, 0.05) is 14.1 Å². The van der Waals surface area contributed by atoms with Crippen molar-refractivity contribution in [2.24, 2.45) is 14.1 Å². The first-order chi connectivity index (χ1) is 14.1. The van der Waals surface area contributed by atoms with Crippen LogP contribution in [0, 0.1) is 0 Å². The maximum atomic E-state index is 11.4. The Balaban J connectivity index is 0. The Bertz CT molecular complexity index is 1020. The SMILES string of the molecule is COC([CH2][Hg+])CNC(=O)NC(=O)CCC(=O)[O-].Cn1c(=O)c2[nH]cnc2n(C)c1=O.[Na+].[OH-]. The summed E-state index contributed by atoms with van der Waals surface area (Å²) in [7, 11) is 4.57. The number of fused-ring (bicyclic) bond motifs is 1. The minimum atomic E-state index is -1.32. The molecule has 2 aromatic heterocycles. The van der Waals surface area contributed by atoms with Crippen LogP contribution < -0.4 is 56.5 Å². The number of H-pyrrole nitrogens is 1. The number of aryl methyl sites for hydroxylation is 1. The molecule has 0 aliphatic carbocycles. The van der Waals surface area contributed by atoms with Crippen molar-refractivity contribution < 1.29 is 85.4 Å². The Labute approximate surface area is 220 Å². The topological polar surface area (TPSA) is 210 Å². The van der Waals surface area contributed by atoms with Crippen molar-refractivity contribution in [3.63, 3.8) is 0 Å². The number of carbonyl (C=O) groups is 3. The van der Waals surface area contributed by atoms with Gasteiger partial charge in [0.1, 0.15) is 5.52 Å². The average Bonchev–Trinajstić information content (AvgIpc) is 3.20. The molecule has 1 unspecified atom stereocenters. The number of carboxylic acid groups (broad SMARTS) is 1. The molecule has 2 aromatic rings. The van der Waals surface area contributed by atoms with E-state index in [1.165, 1.54) is 17.9 Å². The number of hydrogen-bond donors (Lipinski definition) is 3. The Morgan fingerprint density at radius 1 is 1.25 bits per heavy atom. The molecule has 0 saturated carbocycles. The summed E-state index contributed by atoms with van der Waals surface area (Å²) in [6.45, 7) is 0.333. The number of imide groups is 1. The standard InChI is InChI=1S/C9H15N2O5.C7H8N4O2.Hg.Na.H2O/c1-6(16-2)5-10-9(15)11-7(12)3-4-8(13)14;1-10-5-4(8-3-9-5)6(12)11(2)7(10)13;;;/h6H,1,3-5H2,2H3,(H,13,14)(H2,10,11,12,15);3H,1-2H3,(H,8,9);;;1H2/q;;2*+1;/p-2. The Morgan fingerprint density at radius 2 is 1.88 bits per heavy atom. The maximum absolute atomic E-state index is 11.4. The van der Waals surface area contributed by atoms with Gasteiger partial charge in [0.15, 0.2) is 5.65 Å². The van der Waals surface area contributed by atoms with Crippen LogP contribution in [0.15, 0.2) is 15.9 Å². The van der Waals surface area contributed by atoms with E-state index in [0.29, 0.717) is 43.8 Å². The van der Waals surface area contributed by atoms with E-state index in [-0.39, 0.29) is 58.8 Å². The number of imidazole rings is 1. The number of nitrogens with one attached hydrogen (secondary N) is 3. The van der Waals surface area contributed by atoms with Crippen LogP contribution in [-0.4, -0.2) is 62.2 Å². The predicted molar refractivity (Wildman–Crippen MR) is 99.9 cm³/mol. The zero-order valence-electron chi connectivity index (χ0n) is 18.3. The molecular weight excluding hydrogens is 628 g/mol. The largest absolute Gasteiger partial charge is 1.00 e. The monoisotopic (exact) mass is 652 g/mol. The number of rotatable bonds is 7. The molecule has 32 heavy (non-hydrogen) atoms. The van der Waals surface area contributed by atoms with Crippen LogP contribution in [0.3, 0.4) is 0 Å². The Hall–Kier alpha value is -1.58. The van der Waals surface area contributed by atoms with Gasteiger partial charge in [-0.25, -0.2) is 9.78 Å². The molecule has 0 saturated heterocycles. The molecule has 0 bridgehead atoms. The molecule has 1 atom stereocenters. The van der Waals surface area contributed by atoms with E-state index >= 15 is 0 Å². The van der Waals surface area contributed by atoms with E-state index in [9.17, 15) is 29.1 Å². The zero-order valence-corrected chi connectivity index (χ0v) is 25.8. The van der Waals surface area contributed by atoms with Crippen molar-refractivity contribution in [2.45, 2.75) is 22.9 Å². The third kappa shape index (κ3) is 9.91. The van der Waals surface area contributed by atoms with Gasteiger partial charge in [-0.15, -0.1) is 0 Å². The number of methoxy groups -OCH3 is 1. The quantitative estimate of drug-likeness (QED) is 0.243. The number of aromatic nitrogens is 4. The average molecular weight is 651 g/mol. The Kier molecular flexibility index (Phi) is 16.4. The smallest absolute Gasteiger partial charge is 0.870 e. The van der Waals surface area contributed by atoms with Crippen molar-refractivity contribution in [3.8, 4) is 0 Å². The fourth-order valence-corrected chi connectivity index (χ4v) is 3.94. The van der Waals surface area contributed by atoms with Gasteiger partial charge in [0.2, 0.25) is 0 Å². The molecule has 3 amide bonds. The summed E-state index contributed by atoms with van der Waals surface area (Å²) >= 11 is 0.574. The predicted octanol–water partition coefficient (Wildman–Crippen LogP) is -5.89. The van der Waals surface area contributed by atoms with Crippen LogP contribution >= 0.6 is 0 Å². The normalized spacial score (nSPS) is 10.7.